The minimum Gasteiger partial charge on any atom is -0.495 e. The average Bonchev–Trinajstić information content (AvgIpc) is 3.08. The Bertz CT molecular complexity index is 1780. The van der Waals surface area contributed by atoms with Gasteiger partial charge in [0.25, 0.3) is 11.8 Å². The normalized spacial score (nSPS) is 11.6. The lowest BCUT2D eigenvalue weighted by Crippen LogP contribution is -2.30. The largest absolute Gasteiger partial charge is 0.495 e. The molecule has 47 heavy (non-hydrogen) atoms. The molecule has 0 saturated heterocycles. The molecule has 3 amide bonds. The third-order valence-electron chi connectivity index (χ3n) is 6.77. The van der Waals surface area contributed by atoms with Crippen molar-refractivity contribution in [1.29, 1.82) is 0 Å². The summed E-state index contributed by atoms with van der Waals surface area (Å²) in [5.74, 6) is 0.356. The van der Waals surface area contributed by atoms with Crippen LogP contribution < -0.4 is 34.9 Å². The van der Waals surface area contributed by atoms with Gasteiger partial charge in [-0.15, -0.1) is 11.8 Å². The molecule has 0 aromatic heterocycles. The number of thioether (sulfide) groups is 1. The lowest BCUT2D eigenvalue weighted by Gasteiger charge is -2.16. The van der Waals surface area contributed by atoms with E-state index in [2.05, 4.69) is 16.0 Å². The van der Waals surface area contributed by atoms with Crippen molar-refractivity contribution >= 4 is 58.5 Å². The fraction of sp³-hybridized carbons (Fsp3) is 0.171. The second-order valence-electron chi connectivity index (χ2n) is 9.88. The number of anilines is 2. The van der Waals surface area contributed by atoms with Crippen LogP contribution in [-0.2, 0) is 9.59 Å². The molecule has 0 heterocycles. The summed E-state index contributed by atoms with van der Waals surface area (Å²) in [6.07, 6.45) is 1.52. The molecule has 0 saturated carbocycles. The highest BCUT2D eigenvalue weighted by molar-refractivity contribution is 8.00. The highest BCUT2D eigenvalue weighted by Crippen LogP contribution is 2.37. The van der Waals surface area contributed by atoms with Crippen LogP contribution in [0.4, 0.5) is 11.4 Å². The topological polar surface area (TPSA) is 124 Å². The number of hydrogen-bond donors (Lipinski definition) is 3. The van der Waals surface area contributed by atoms with E-state index in [9.17, 15) is 14.4 Å². The molecule has 1 unspecified atom stereocenters. The summed E-state index contributed by atoms with van der Waals surface area (Å²) in [6, 6.07) is 23.9. The summed E-state index contributed by atoms with van der Waals surface area (Å²) >= 11 is 7.54. The molecule has 12 heteroatoms. The third kappa shape index (κ3) is 8.99. The maximum absolute atomic E-state index is 13.6. The number of para-hydroxylation sites is 1. The fourth-order valence-corrected chi connectivity index (χ4v) is 5.59. The van der Waals surface area contributed by atoms with Crippen LogP contribution in [0.5, 0.6) is 23.0 Å². The molecule has 0 aliphatic heterocycles. The SMILES string of the molecule is COc1cc(OC)c(NC(=O)C(C)Sc2cccc(NC(=O)/C(=C\c3cccc(OC)c3OC)NC(=O)c3ccccc3)c2)cc1Cl. The number of carbonyl (C=O) groups is 3. The molecule has 4 aromatic carbocycles. The van der Waals surface area contributed by atoms with E-state index < -0.39 is 17.1 Å². The molecule has 0 aliphatic carbocycles. The van der Waals surface area contributed by atoms with Crippen LogP contribution >= 0.6 is 23.4 Å². The first-order chi connectivity index (χ1) is 22.7. The monoisotopic (exact) mass is 675 g/mol. The van der Waals surface area contributed by atoms with Gasteiger partial charge in [0.05, 0.1) is 44.4 Å². The van der Waals surface area contributed by atoms with Gasteiger partial charge in [-0.1, -0.05) is 48.0 Å². The zero-order chi connectivity index (χ0) is 33.9. The molecular formula is C35H34ClN3O7S. The van der Waals surface area contributed by atoms with E-state index in [1.165, 1.54) is 46.3 Å². The first kappa shape index (κ1) is 34.7. The number of halogens is 1. The van der Waals surface area contributed by atoms with Gasteiger partial charge in [-0.3, -0.25) is 14.4 Å². The van der Waals surface area contributed by atoms with Crippen molar-refractivity contribution in [1.82, 2.24) is 5.32 Å². The number of rotatable bonds is 13. The van der Waals surface area contributed by atoms with Gasteiger partial charge in [0.2, 0.25) is 5.91 Å². The van der Waals surface area contributed by atoms with Crippen LogP contribution in [0.3, 0.4) is 0 Å². The second kappa shape index (κ2) is 16.4. The van der Waals surface area contributed by atoms with Crippen molar-refractivity contribution in [2.24, 2.45) is 0 Å². The molecular weight excluding hydrogens is 642 g/mol. The number of ether oxygens (including phenoxy) is 4. The minimum atomic E-state index is -0.574. The van der Waals surface area contributed by atoms with E-state index in [4.69, 9.17) is 30.5 Å². The van der Waals surface area contributed by atoms with Crippen LogP contribution in [-0.4, -0.2) is 51.4 Å². The fourth-order valence-electron chi connectivity index (χ4n) is 4.42. The lowest BCUT2D eigenvalue weighted by molar-refractivity contribution is -0.115. The zero-order valence-electron chi connectivity index (χ0n) is 26.4. The van der Waals surface area contributed by atoms with E-state index in [1.54, 1.807) is 85.8 Å². The van der Waals surface area contributed by atoms with Gasteiger partial charge in [0, 0.05) is 27.8 Å². The molecule has 10 nitrogen and oxygen atoms in total. The number of benzene rings is 4. The van der Waals surface area contributed by atoms with E-state index in [0.29, 0.717) is 50.5 Å². The van der Waals surface area contributed by atoms with E-state index >= 15 is 0 Å². The number of methoxy groups -OCH3 is 4. The molecule has 1 atom stereocenters. The molecule has 0 bridgehead atoms. The van der Waals surface area contributed by atoms with Crippen LogP contribution in [0.1, 0.15) is 22.8 Å². The molecule has 0 fully saturated rings. The van der Waals surface area contributed by atoms with Crippen LogP contribution in [0.25, 0.3) is 6.08 Å². The first-order valence-corrected chi connectivity index (χ1v) is 15.5. The van der Waals surface area contributed by atoms with E-state index in [1.807, 2.05) is 6.07 Å². The molecule has 0 spiro atoms. The molecule has 3 N–H and O–H groups in total. The van der Waals surface area contributed by atoms with Crippen molar-refractivity contribution in [2.45, 2.75) is 17.1 Å². The van der Waals surface area contributed by atoms with Crippen LogP contribution in [0, 0.1) is 0 Å². The first-order valence-electron chi connectivity index (χ1n) is 14.3. The summed E-state index contributed by atoms with van der Waals surface area (Å²) in [5, 5.41) is 8.21. The zero-order valence-corrected chi connectivity index (χ0v) is 28.0. The standard InChI is InChI=1S/C35H34ClN3O7S/c1-21(33(40)38-27-19-26(36)30(44-3)20-31(27)45-4)47-25-15-10-14-24(18-25)37-35(42)28(39-34(41)22-11-7-6-8-12-22)17-23-13-9-16-29(43-2)32(23)46-5/h6-21H,1-5H3,(H,37,42)(H,38,40)(H,39,41)/b28-17+. The summed E-state index contributed by atoms with van der Waals surface area (Å²) in [5.41, 5.74) is 1.73. The van der Waals surface area contributed by atoms with Crippen LogP contribution in [0.15, 0.2) is 95.5 Å². The highest BCUT2D eigenvalue weighted by atomic mass is 35.5. The Labute approximate surface area is 282 Å². The number of amides is 3. The Morgan fingerprint density at radius 1 is 0.766 bits per heavy atom. The Hall–Kier alpha value is -5.13. The summed E-state index contributed by atoms with van der Waals surface area (Å²) < 4.78 is 21.5. The Kier molecular flexibility index (Phi) is 12.1. The van der Waals surface area contributed by atoms with Gasteiger partial charge in [-0.05, 0) is 55.5 Å². The predicted octanol–water partition coefficient (Wildman–Crippen LogP) is 6.90. The van der Waals surface area contributed by atoms with E-state index in [0.717, 1.165) is 4.90 Å². The van der Waals surface area contributed by atoms with Crippen molar-refractivity contribution in [3.63, 3.8) is 0 Å². The highest BCUT2D eigenvalue weighted by Gasteiger charge is 2.20. The quantitative estimate of drug-likeness (QED) is 0.103. The van der Waals surface area contributed by atoms with Gasteiger partial charge < -0.3 is 34.9 Å². The summed E-state index contributed by atoms with van der Waals surface area (Å²) in [7, 11) is 5.98. The maximum Gasteiger partial charge on any atom is 0.272 e. The van der Waals surface area contributed by atoms with Crippen molar-refractivity contribution < 1.29 is 33.3 Å². The van der Waals surface area contributed by atoms with Crippen molar-refractivity contribution in [2.75, 3.05) is 39.1 Å². The van der Waals surface area contributed by atoms with Gasteiger partial charge in [0.1, 0.15) is 17.2 Å². The predicted molar refractivity (Wildman–Crippen MR) is 185 cm³/mol. The number of hydrogen-bond acceptors (Lipinski definition) is 8. The molecule has 4 aromatic rings. The number of nitrogens with one attached hydrogen (secondary N) is 3. The van der Waals surface area contributed by atoms with Gasteiger partial charge >= 0.3 is 0 Å². The van der Waals surface area contributed by atoms with Crippen molar-refractivity contribution in [3.8, 4) is 23.0 Å². The average molecular weight is 676 g/mol. The summed E-state index contributed by atoms with van der Waals surface area (Å²) in [4.78, 5) is 40.6. The van der Waals surface area contributed by atoms with Crippen molar-refractivity contribution in [3.05, 3.63) is 107 Å². The molecule has 244 valence electrons. The van der Waals surface area contributed by atoms with Gasteiger partial charge in [0.15, 0.2) is 11.5 Å². The Morgan fingerprint density at radius 3 is 2.15 bits per heavy atom. The Morgan fingerprint density at radius 2 is 1.47 bits per heavy atom. The number of carbonyl (C=O) groups excluding carboxylic acids is 3. The molecule has 0 radical (unpaired) electrons. The molecule has 4 rings (SSSR count). The second-order valence-corrected chi connectivity index (χ2v) is 11.7. The lowest BCUT2D eigenvalue weighted by atomic mass is 10.1. The van der Waals surface area contributed by atoms with E-state index in [-0.39, 0.29) is 11.6 Å². The van der Waals surface area contributed by atoms with Gasteiger partial charge in [-0.25, -0.2) is 0 Å². The third-order valence-corrected chi connectivity index (χ3v) is 8.16. The Balaban J connectivity index is 1.54. The maximum atomic E-state index is 13.6. The van der Waals surface area contributed by atoms with Crippen LogP contribution in [0.2, 0.25) is 5.02 Å². The summed E-state index contributed by atoms with van der Waals surface area (Å²) in [6.45, 7) is 1.75. The minimum absolute atomic E-state index is 0.0247. The smallest absolute Gasteiger partial charge is 0.272 e. The van der Waals surface area contributed by atoms with Gasteiger partial charge in [-0.2, -0.15) is 0 Å². The molecule has 0 aliphatic rings.